The lowest BCUT2D eigenvalue weighted by Gasteiger charge is -1.93. The van der Waals surface area contributed by atoms with E-state index in [0.717, 1.165) is 0 Å². The Balaban J connectivity index is 0.000000191. The molecule has 100 valence electrons. The lowest BCUT2D eigenvalue weighted by atomic mass is 10.4. The summed E-state index contributed by atoms with van der Waals surface area (Å²) >= 11 is 0. The van der Waals surface area contributed by atoms with Gasteiger partial charge in [0, 0.05) is 18.6 Å². The molecule has 1 heterocycles. The Labute approximate surface area is 110 Å². The van der Waals surface area contributed by atoms with Crippen LogP contribution in [0.25, 0.3) is 0 Å². The average molecular weight is 280 g/mol. The minimum absolute atomic E-state index is 0.0301. The normalized spacial score (nSPS) is 10.2. The molecule has 0 saturated heterocycles. The number of hydrogen-bond donors (Lipinski definition) is 1. The van der Waals surface area contributed by atoms with Gasteiger partial charge in [0.25, 0.3) is 0 Å². The highest BCUT2D eigenvalue weighted by atomic mass is 32.2. The number of carbonyl (C=O) groups is 1. The van der Waals surface area contributed by atoms with Crippen molar-refractivity contribution < 1.29 is 18.3 Å². The van der Waals surface area contributed by atoms with Crippen molar-refractivity contribution in [1.82, 2.24) is 9.97 Å². The standard InChI is InChI=1S/C7H8O2S.C5H4N2O2/c1-10(8,9)7-5-3-2-4-6-7;8-5(9)4-3-6-1-2-7-4/h2-6H,1H3;1-3H,(H,8,9). The van der Waals surface area contributed by atoms with Crippen LogP contribution in [0.15, 0.2) is 53.8 Å². The molecule has 1 N–H and O–H groups in total. The van der Waals surface area contributed by atoms with Crippen LogP contribution in [0.3, 0.4) is 0 Å². The molecule has 19 heavy (non-hydrogen) atoms. The van der Waals surface area contributed by atoms with Gasteiger partial charge in [-0.05, 0) is 12.1 Å². The molecule has 2 aromatic rings. The highest BCUT2D eigenvalue weighted by Crippen LogP contribution is 2.05. The van der Waals surface area contributed by atoms with Crippen molar-refractivity contribution >= 4 is 15.8 Å². The lowest BCUT2D eigenvalue weighted by Crippen LogP contribution is -1.99. The zero-order chi connectivity index (χ0) is 14.3. The first-order chi connectivity index (χ1) is 8.91. The van der Waals surface area contributed by atoms with Gasteiger partial charge in [0.05, 0.1) is 11.1 Å². The van der Waals surface area contributed by atoms with Gasteiger partial charge in [-0.25, -0.2) is 18.2 Å². The van der Waals surface area contributed by atoms with Gasteiger partial charge in [-0.2, -0.15) is 0 Å². The number of hydrogen-bond acceptors (Lipinski definition) is 5. The Morgan fingerprint density at radius 1 is 1.16 bits per heavy atom. The van der Waals surface area contributed by atoms with E-state index in [0.29, 0.717) is 4.90 Å². The van der Waals surface area contributed by atoms with Gasteiger partial charge in [0.2, 0.25) is 0 Å². The van der Waals surface area contributed by atoms with Crippen molar-refractivity contribution in [2.24, 2.45) is 0 Å². The van der Waals surface area contributed by atoms with Crippen molar-refractivity contribution in [1.29, 1.82) is 0 Å². The first-order valence-electron chi connectivity index (χ1n) is 5.15. The van der Waals surface area contributed by atoms with Crippen molar-refractivity contribution in [3.05, 3.63) is 54.6 Å². The summed E-state index contributed by atoms with van der Waals surface area (Å²) in [6, 6.07) is 8.35. The molecule has 7 heteroatoms. The van der Waals surface area contributed by atoms with Gasteiger partial charge < -0.3 is 5.11 Å². The number of carboxylic acid groups (broad SMARTS) is 1. The Hall–Kier alpha value is -2.28. The summed E-state index contributed by atoms with van der Waals surface area (Å²) in [6.45, 7) is 0. The van der Waals surface area contributed by atoms with Crippen molar-refractivity contribution in [3.8, 4) is 0 Å². The fourth-order valence-electron chi connectivity index (χ4n) is 1.08. The van der Waals surface area contributed by atoms with Gasteiger partial charge >= 0.3 is 5.97 Å². The van der Waals surface area contributed by atoms with E-state index in [2.05, 4.69) is 9.97 Å². The molecule has 0 radical (unpaired) electrons. The van der Waals surface area contributed by atoms with E-state index in [-0.39, 0.29) is 5.69 Å². The number of sulfone groups is 1. The fraction of sp³-hybridized carbons (Fsp3) is 0.0833. The topological polar surface area (TPSA) is 97.2 Å². The molecule has 0 atom stereocenters. The van der Waals surface area contributed by atoms with E-state index in [1.54, 1.807) is 30.3 Å². The van der Waals surface area contributed by atoms with Crippen LogP contribution in [0.4, 0.5) is 0 Å². The molecule has 0 fully saturated rings. The monoisotopic (exact) mass is 280 g/mol. The van der Waals surface area contributed by atoms with Crippen LogP contribution in [-0.2, 0) is 9.84 Å². The lowest BCUT2D eigenvalue weighted by molar-refractivity contribution is 0.0690. The van der Waals surface area contributed by atoms with Crippen molar-refractivity contribution in [3.63, 3.8) is 0 Å². The number of benzene rings is 1. The predicted octanol–water partition coefficient (Wildman–Crippen LogP) is 1.26. The minimum Gasteiger partial charge on any atom is -0.476 e. The van der Waals surface area contributed by atoms with Gasteiger partial charge in [-0.15, -0.1) is 0 Å². The van der Waals surface area contributed by atoms with Gasteiger partial charge in [0.1, 0.15) is 0 Å². The summed E-state index contributed by atoms with van der Waals surface area (Å²) in [7, 11) is -3.00. The third-order valence-corrected chi connectivity index (χ3v) is 3.08. The Kier molecular flexibility index (Phi) is 5.13. The van der Waals surface area contributed by atoms with Gasteiger partial charge in [-0.1, -0.05) is 18.2 Å². The average Bonchev–Trinajstić information content (AvgIpc) is 2.40. The maximum absolute atomic E-state index is 10.8. The van der Waals surface area contributed by atoms with Crippen LogP contribution in [0.1, 0.15) is 10.5 Å². The largest absolute Gasteiger partial charge is 0.476 e. The summed E-state index contributed by atoms with van der Waals surface area (Å²) < 4.78 is 21.7. The van der Waals surface area contributed by atoms with Crippen LogP contribution in [0.2, 0.25) is 0 Å². The van der Waals surface area contributed by atoms with E-state index in [1.807, 2.05) is 0 Å². The zero-order valence-corrected chi connectivity index (χ0v) is 10.9. The minimum atomic E-state index is -3.00. The van der Waals surface area contributed by atoms with Gasteiger partial charge in [-0.3, -0.25) is 4.98 Å². The first kappa shape index (κ1) is 14.8. The molecule has 6 nitrogen and oxygen atoms in total. The molecule has 2 rings (SSSR count). The zero-order valence-electron chi connectivity index (χ0n) is 10.1. The second kappa shape index (κ2) is 6.60. The van der Waals surface area contributed by atoms with Gasteiger partial charge in [0.15, 0.2) is 15.5 Å². The molecular weight excluding hydrogens is 268 g/mol. The third-order valence-electron chi connectivity index (χ3n) is 1.95. The van der Waals surface area contributed by atoms with Crippen molar-refractivity contribution in [2.75, 3.05) is 6.26 Å². The summed E-state index contributed by atoms with van der Waals surface area (Å²) in [4.78, 5) is 17.5. The summed E-state index contributed by atoms with van der Waals surface area (Å²) in [5.74, 6) is -1.05. The maximum Gasteiger partial charge on any atom is 0.356 e. The molecule has 0 spiro atoms. The Bertz CT molecular complexity index is 627. The number of rotatable bonds is 2. The Morgan fingerprint density at radius 3 is 2.11 bits per heavy atom. The first-order valence-corrected chi connectivity index (χ1v) is 7.05. The number of aromatic nitrogens is 2. The van der Waals surface area contributed by atoms with Crippen LogP contribution >= 0.6 is 0 Å². The molecule has 0 aliphatic heterocycles. The van der Waals surface area contributed by atoms with Crippen molar-refractivity contribution in [2.45, 2.75) is 4.90 Å². The highest BCUT2D eigenvalue weighted by Gasteiger charge is 2.03. The summed E-state index contributed by atoms with van der Waals surface area (Å²) in [5.41, 5.74) is -0.0301. The molecule has 1 aromatic carbocycles. The number of aromatic carboxylic acids is 1. The molecular formula is C12H12N2O4S. The molecule has 0 saturated carbocycles. The third kappa shape index (κ3) is 5.26. The molecule has 0 bridgehead atoms. The number of carboxylic acids is 1. The second-order valence-electron chi connectivity index (χ2n) is 3.48. The van der Waals surface area contributed by atoms with Crippen LogP contribution in [-0.4, -0.2) is 35.7 Å². The van der Waals surface area contributed by atoms with E-state index in [9.17, 15) is 13.2 Å². The van der Waals surface area contributed by atoms with E-state index in [4.69, 9.17) is 5.11 Å². The molecule has 1 aromatic heterocycles. The summed E-state index contributed by atoms with van der Waals surface area (Å²) in [6.07, 6.45) is 5.15. The molecule has 0 aliphatic carbocycles. The summed E-state index contributed by atoms with van der Waals surface area (Å²) in [5, 5.41) is 8.28. The van der Waals surface area contributed by atoms with Crippen LogP contribution in [0.5, 0.6) is 0 Å². The predicted molar refractivity (Wildman–Crippen MR) is 68.5 cm³/mol. The van der Waals surface area contributed by atoms with E-state index >= 15 is 0 Å². The fourth-order valence-corrected chi connectivity index (χ4v) is 1.73. The molecule has 0 unspecified atom stereocenters. The number of nitrogens with zero attached hydrogens (tertiary/aromatic N) is 2. The smallest absolute Gasteiger partial charge is 0.356 e. The van der Waals surface area contributed by atoms with Crippen LogP contribution < -0.4 is 0 Å². The highest BCUT2D eigenvalue weighted by molar-refractivity contribution is 7.90. The molecule has 0 aliphatic rings. The molecule has 0 amide bonds. The van der Waals surface area contributed by atoms with E-state index in [1.165, 1.54) is 24.8 Å². The quantitative estimate of drug-likeness (QED) is 0.889. The second-order valence-corrected chi connectivity index (χ2v) is 5.50. The Morgan fingerprint density at radius 2 is 1.79 bits per heavy atom. The SMILES string of the molecule is CS(=O)(=O)c1ccccc1.O=C(O)c1cnccn1. The van der Waals surface area contributed by atoms with E-state index < -0.39 is 15.8 Å². The van der Waals surface area contributed by atoms with Crippen LogP contribution in [0, 0.1) is 0 Å². The maximum atomic E-state index is 10.8.